The summed E-state index contributed by atoms with van der Waals surface area (Å²) in [5, 5.41) is 18.6. The van der Waals surface area contributed by atoms with Crippen LogP contribution in [0.15, 0.2) is 0 Å². The highest BCUT2D eigenvalue weighted by Crippen LogP contribution is 2.22. The molecule has 0 aromatic carbocycles. The summed E-state index contributed by atoms with van der Waals surface area (Å²) < 4.78 is 10.6. The highest BCUT2D eigenvalue weighted by Gasteiger charge is 2.42. The molecule has 0 aliphatic carbocycles. The van der Waals surface area contributed by atoms with Crippen LogP contribution >= 0.6 is 22.6 Å². The van der Waals surface area contributed by atoms with Crippen molar-refractivity contribution in [1.29, 1.82) is 0 Å². The highest BCUT2D eigenvalue weighted by molar-refractivity contribution is 14.1. The molecule has 0 amide bonds. The summed E-state index contributed by atoms with van der Waals surface area (Å²) in [7, 11) is 1.44. The fourth-order valence-electron chi connectivity index (χ4n) is 1.04. The molecule has 0 aromatic rings. The number of halogens is 1. The van der Waals surface area contributed by atoms with Crippen LogP contribution in [-0.4, -0.2) is 46.4 Å². The van der Waals surface area contributed by atoms with Gasteiger partial charge in [0.15, 0.2) is 6.29 Å². The van der Waals surface area contributed by atoms with Crippen molar-refractivity contribution in [2.24, 2.45) is 0 Å². The summed E-state index contributed by atoms with van der Waals surface area (Å²) in [5.74, 6) is 0. The maximum absolute atomic E-state index is 9.30. The monoisotopic (exact) mass is 274 g/mol. The van der Waals surface area contributed by atoms with E-state index in [9.17, 15) is 10.2 Å². The van der Waals surface area contributed by atoms with Crippen LogP contribution in [0.3, 0.4) is 0 Å². The number of aliphatic hydroxyl groups is 2. The van der Waals surface area contributed by atoms with E-state index in [1.165, 1.54) is 7.11 Å². The topological polar surface area (TPSA) is 58.9 Å². The van der Waals surface area contributed by atoms with Crippen molar-refractivity contribution in [3.63, 3.8) is 0 Å². The molecule has 5 heteroatoms. The van der Waals surface area contributed by atoms with Crippen molar-refractivity contribution in [2.75, 3.05) is 11.5 Å². The maximum atomic E-state index is 9.30. The number of rotatable bonds is 2. The second-order valence-corrected chi connectivity index (χ2v) is 3.29. The number of ether oxygens (including phenoxy) is 2. The van der Waals surface area contributed by atoms with Crippen LogP contribution in [0, 0.1) is 0 Å². The molecule has 4 nitrogen and oxygen atoms in total. The average Bonchev–Trinajstić information content (AvgIpc) is 2.30. The van der Waals surface area contributed by atoms with Crippen LogP contribution in [-0.2, 0) is 9.47 Å². The third-order valence-corrected chi connectivity index (χ3v) is 2.57. The lowest BCUT2D eigenvalue weighted by molar-refractivity contribution is -0.145. The summed E-state index contributed by atoms with van der Waals surface area (Å²) in [6.45, 7) is 0. The molecule has 11 heavy (non-hydrogen) atoms. The Morgan fingerprint density at radius 3 is 2.36 bits per heavy atom. The van der Waals surface area contributed by atoms with Gasteiger partial charge in [0.2, 0.25) is 0 Å². The van der Waals surface area contributed by atoms with Gasteiger partial charge in [0, 0.05) is 11.5 Å². The first-order valence-electron chi connectivity index (χ1n) is 3.31. The van der Waals surface area contributed by atoms with Crippen molar-refractivity contribution in [2.45, 2.75) is 24.6 Å². The summed E-state index contributed by atoms with van der Waals surface area (Å²) in [5.41, 5.74) is 0. The fraction of sp³-hybridized carbons (Fsp3) is 1.00. The molecular weight excluding hydrogens is 263 g/mol. The molecule has 4 atom stereocenters. The Balaban J connectivity index is 2.53. The third-order valence-electron chi connectivity index (χ3n) is 1.70. The molecule has 0 saturated carbocycles. The maximum Gasteiger partial charge on any atom is 0.186 e. The van der Waals surface area contributed by atoms with Crippen LogP contribution in [0.1, 0.15) is 0 Å². The molecule has 1 aliphatic rings. The molecular formula is C6H11IO4. The number of aliphatic hydroxyl groups excluding tert-OH is 2. The van der Waals surface area contributed by atoms with Crippen molar-refractivity contribution in [1.82, 2.24) is 0 Å². The first-order chi connectivity index (χ1) is 5.20. The Morgan fingerprint density at radius 2 is 2.09 bits per heavy atom. The lowest BCUT2D eigenvalue weighted by Gasteiger charge is -2.11. The molecule has 0 aromatic heterocycles. The van der Waals surface area contributed by atoms with Gasteiger partial charge >= 0.3 is 0 Å². The molecule has 1 aliphatic heterocycles. The van der Waals surface area contributed by atoms with Crippen molar-refractivity contribution in [3.05, 3.63) is 0 Å². The van der Waals surface area contributed by atoms with E-state index < -0.39 is 18.5 Å². The number of hydrogen-bond acceptors (Lipinski definition) is 4. The van der Waals surface area contributed by atoms with Crippen LogP contribution in [0.5, 0.6) is 0 Å². The van der Waals surface area contributed by atoms with E-state index in [1.54, 1.807) is 0 Å². The zero-order valence-electron chi connectivity index (χ0n) is 6.11. The van der Waals surface area contributed by atoms with Crippen molar-refractivity contribution < 1.29 is 19.7 Å². The summed E-state index contributed by atoms with van der Waals surface area (Å²) in [6.07, 6.45) is -2.73. The summed E-state index contributed by atoms with van der Waals surface area (Å²) in [6, 6.07) is 0. The van der Waals surface area contributed by atoms with E-state index in [-0.39, 0.29) is 6.10 Å². The van der Waals surface area contributed by atoms with Gasteiger partial charge in [-0.05, 0) is 0 Å². The van der Waals surface area contributed by atoms with Gasteiger partial charge in [-0.25, -0.2) is 0 Å². The van der Waals surface area contributed by atoms with Gasteiger partial charge in [0.25, 0.3) is 0 Å². The van der Waals surface area contributed by atoms with E-state index in [2.05, 4.69) is 22.6 Å². The van der Waals surface area contributed by atoms with Gasteiger partial charge in [-0.3, -0.25) is 0 Å². The van der Waals surface area contributed by atoms with Crippen molar-refractivity contribution >= 4 is 22.6 Å². The van der Waals surface area contributed by atoms with E-state index in [4.69, 9.17) is 9.47 Å². The molecule has 1 saturated heterocycles. The molecule has 2 N–H and O–H groups in total. The zero-order valence-corrected chi connectivity index (χ0v) is 8.26. The van der Waals surface area contributed by atoms with E-state index in [0.29, 0.717) is 4.43 Å². The predicted octanol–water partition coefficient (Wildman–Crippen LogP) is -0.486. The Bertz CT molecular complexity index is 114. The van der Waals surface area contributed by atoms with Gasteiger partial charge in [0.05, 0.1) is 6.10 Å². The summed E-state index contributed by atoms with van der Waals surface area (Å²) >= 11 is 2.09. The largest absolute Gasteiger partial charge is 0.387 e. The Kier molecular flexibility index (Phi) is 3.51. The molecule has 0 radical (unpaired) electrons. The van der Waals surface area contributed by atoms with Crippen LogP contribution in [0.4, 0.5) is 0 Å². The predicted molar refractivity (Wildman–Crippen MR) is 46.6 cm³/mol. The SMILES string of the molecule is COC1O[C@H](CI)[C@H](O)[C@H]1O. The smallest absolute Gasteiger partial charge is 0.186 e. The first-order valence-corrected chi connectivity index (χ1v) is 4.83. The minimum Gasteiger partial charge on any atom is -0.387 e. The number of methoxy groups -OCH3 is 1. The van der Waals surface area contributed by atoms with Gasteiger partial charge in [-0.1, -0.05) is 22.6 Å². The van der Waals surface area contributed by atoms with E-state index in [0.717, 1.165) is 0 Å². The number of alkyl halides is 1. The normalized spacial score (nSPS) is 44.7. The Morgan fingerprint density at radius 1 is 1.45 bits per heavy atom. The van der Waals surface area contributed by atoms with Crippen LogP contribution < -0.4 is 0 Å². The molecule has 0 bridgehead atoms. The lowest BCUT2D eigenvalue weighted by Crippen LogP contribution is -2.33. The van der Waals surface area contributed by atoms with E-state index in [1.807, 2.05) is 0 Å². The molecule has 1 heterocycles. The quantitative estimate of drug-likeness (QED) is 0.527. The van der Waals surface area contributed by atoms with E-state index >= 15 is 0 Å². The molecule has 1 rings (SSSR count). The minimum atomic E-state index is -0.917. The molecule has 1 unspecified atom stereocenters. The van der Waals surface area contributed by atoms with Crippen LogP contribution in [0.25, 0.3) is 0 Å². The fourth-order valence-corrected chi connectivity index (χ4v) is 1.77. The zero-order chi connectivity index (χ0) is 8.43. The van der Waals surface area contributed by atoms with Gasteiger partial charge < -0.3 is 19.7 Å². The molecule has 66 valence electrons. The van der Waals surface area contributed by atoms with Gasteiger partial charge in [-0.15, -0.1) is 0 Å². The van der Waals surface area contributed by atoms with Gasteiger partial charge in [0.1, 0.15) is 12.2 Å². The Hall–Kier alpha value is 0.570. The minimum absolute atomic E-state index is 0.310. The first kappa shape index (κ1) is 9.66. The van der Waals surface area contributed by atoms with Crippen LogP contribution in [0.2, 0.25) is 0 Å². The Labute approximate surface area is 78.6 Å². The molecule has 1 fully saturated rings. The standard InChI is InChI=1S/C6H11IO4/c1-10-6-5(9)4(8)3(2-7)11-6/h3-6,8-9H,2H2,1H3/t3-,4+,5-,6?/m1/s1. The second-order valence-electron chi connectivity index (χ2n) is 2.41. The van der Waals surface area contributed by atoms with Crippen molar-refractivity contribution in [3.8, 4) is 0 Å². The van der Waals surface area contributed by atoms with Gasteiger partial charge in [-0.2, -0.15) is 0 Å². The summed E-state index contributed by atoms with van der Waals surface area (Å²) in [4.78, 5) is 0. The highest BCUT2D eigenvalue weighted by atomic mass is 127. The molecule has 0 spiro atoms. The number of hydrogen-bond donors (Lipinski definition) is 2. The third kappa shape index (κ3) is 1.83. The second kappa shape index (κ2) is 3.99. The average molecular weight is 274 g/mol. The lowest BCUT2D eigenvalue weighted by atomic mass is 10.2.